The first-order chi connectivity index (χ1) is 12.4. The number of halogens is 1. The van der Waals surface area contributed by atoms with E-state index in [1.807, 2.05) is 39.0 Å². The fourth-order valence-electron chi connectivity index (χ4n) is 2.69. The van der Waals surface area contributed by atoms with E-state index in [1.54, 1.807) is 0 Å². The number of Topliss-reactive ketones (excluding diaryl/α,β-unsaturated/α-hetero) is 1. The zero-order chi connectivity index (χ0) is 19.1. The van der Waals surface area contributed by atoms with Gasteiger partial charge in [0.05, 0.1) is 12.6 Å². The van der Waals surface area contributed by atoms with Crippen molar-refractivity contribution in [2.75, 3.05) is 6.61 Å². The molecule has 0 saturated carbocycles. The van der Waals surface area contributed by atoms with Gasteiger partial charge in [0.15, 0.2) is 5.78 Å². The highest BCUT2D eigenvalue weighted by Gasteiger charge is 2.16. The molecule has 2 aromatic carbocycles. The monoisotopic (exact) mass is 357 g/mol. The van der Waals surface area contributed by atoms with Gasteiger partial charge in [0.25, 0.3) is 0 Å². The van der Waals surface area contributed by atoms with Crippen molar-refractivity contribution in [2.45, 2.75) is 39.7 Å². The van der Waals surface area contributed by atoms with Crippen molar-refractivity contribution in [1.82, 2.24) is 5.32 Å². The predicted molar refractivity (Wildman–Crippen MR) is 98.9 cm³/mol. The Balaban J connectivity index is 1.94. The number of ketones is 1. The van der Waals surface area contributed by atoms with Gasteiger partial charge in [-0.3, -0.25) is 9.59 Å². The summed E-state index contributed by atoms with van der Waals surface area (Å²) < 4.78 is 18.5. The molecule has 26 heavy (non-hydrogen) atoms. The van der Waals surface area contributed by atoms with E-state index in [0.717, 1.165) is 16.9 Å². The lowest BCUT2D eigenvalue weighted by Crippen LogP contribution is -2.27. The Bertz CT molecular complexity index is 771. The van der Waals surface area contributed by atoms with E-state index in [9.17, 15) is 14.0 Å². The fraction of sp³-hybridized carbons (Fsp3) is 0.333. The summed E-state index contributed by atoms with van der Waals surface area (Å²) in [6, 6.07) is 11.0. The minimum atomic E-state index is -0.392. The highest BCUT2D eigenvalue weighted by Crippen LogP contribution is 2.26. The molecule has 0 fully saturated rings. The van der Waals surface area contributed by atoms with Crippen LogP contribution < -0.4 is 10.1 Å². The first-order valence-electron chi connectivity index (χ1n) is 8.72. The van der Waals surface area contributed by atoms with Crippen molar-refractivity contribution in [2.24, 2.45) is 0 Å². The molecule has 0 aromatic heterocycles. The van der Waals surface area contributed by atoms with Crippen LogP contribution in [0.5, 0.6) is 5.75 Å². The van der Waals surface area contributed by atoms with E-state index < -0.39 is 5.82 Å². The first kappa shape index (κ1) is 19.6. The van der Waals surface area contributed by atoms with Gasteiger partial charge in [-0.1, -0.05) is 17.7 Å². The van der Waals surface area contributed by atoms with E-state index in [0.29, 0.717) is 12.2 Å². The molecule has 2 aromatic rings. The smallest absolute Gasteiger partial charge is 0.220 e. The number of carbonyl (C=O) groups excluding carboxylic acids is 2. The summed E-state index contributed by atoms with van der Waals surface area (Å²) in [4.78, 5) is 24.3. The van der Waals surface area contributed by atoms with Crippen LogP contribution in [0.15, 0.2) is 42.5 Å². The van der Waals surface area contributed by atoms with Gasteiger partial charge in [-0.2, -0.15) is 0 Å². The number of carbonyl (C=O) groups is 2. The largest absolute Gasteiger partial charge is 0.494 e. The molecule has 0 radical (unpaired) electrons. The zero-order valence-corrected chi connectivity index (χ0v) is 15.3. The van der Waals surface area contributed by atoms with E-state index in [4.69, 9.17) is 4.74 Å². The molecular weight excluding hydrogens is 333 g/mol. The lowest BCUT2D eigenvalue weighted by Gasteiger charge is -2.18. The Labute approximate surface area is 153 Å². The molecule has 0 heterocycles. The molecule has 0 bridgehead atoms. The third-order valence-electron chi connectivity index (χ3n) is 4.05. The van der Waals surface area contributed by atoms with Crippen molar-refractivity contribution < 1.29 is 18.7 Å². The Hall–Kier alpha value is -2.69. The summed E-state index contributed by atoms with van der Waals surface area (Å²) in [5.74, 6) is -0.0417. The average Bonchev–Trinajstić information content (AvgIpc) is 2.62. The second-order valence-electron chi connectivity index (χ2n) is 6.19. The Morgan fingerprint density at radius 2 is 1.81 bits per heavy atom. The third-order valence-corrected chi connectivity index (χ3v) is 4.05. The zero-order valence-electron chi connectivity index (χ0n) is 15.3. The van der Waals surface area contributed by atoms with Gasteiger partial charge >= 0.3 is 0 Å². The molecule has 0 saturated heterocycles. The molecule has 0 aliphatic heterocycles. The maximum atomic E-state index is 12.9. The molecular formula is C21H24FNO3. The number of hydrogen-bond donors (Lipinski definition) is 1. The van der Waals surface area contributed by atoms with Gasteiger partial charge in [-0.15, -0.1) is 0 Å². The van der Waals surface area contributed by atoms with Crippen LogP contribution in [0, 0.1) is 12.7 Å². The van der Waals surface area contributed by atoms with E-state index in [1.165, 1.54) is 24.3 Å². The molecule has 0 spiro atoms. The van der Waals surface area contributed by atoms with Gasteiger partial charge in [-0.25, -0.2) is 4.39 Å². The number of nitrogens with one attached hydrogen (secondary N) is 1. The summed E-state index contributed by atoms with van der Waals surface area (Å²) in [5.41, 5.74) is 2.39. The number of benzene rings is 2. The summed E-state index contributed by atoms with van der Waals surface area (Å²) in [5, 5.41) is 2.91. The van der Waals surface area contributed by atoms with Crippen molar-refractivity contribution in [1.29, 1.82) is 0 Å². The van der Waals surface area contributed by atoms with Gasteiger partial charge < -0.3 is 10.1 Å². The Kier molecular flexibility index (Phi) is 6.89. The molecule has 1 N–H and O–H groups in total. The standard InChI is InChI=1S/C21H24FNO3/c1-4-26-20-11-5-14(2)13-18(20)15(3)23-21(25)12-10-19(24)16-6-8-17(22)9-7-16/h5-9,11,13,15H,4,10,12H2,1-3H3,(H,23,25). The molecule has 0 aliphatic carbocycles. The molecule has 1 unspecified atom stereocenters. The number of ether oxygens (including phenoxy) is 1. The lowest BCUT2D eigenvalue weighted by atomic mass is 10.0. The molecule has 2 rings (SSSR count). The maximum Gasteiger partial charge on any atom is 0.220 e. The van der Waals surface area contributed by atoms with Crippen molar-refractivity contribution in [3.05, 3.63) is 65.0 Å². The van der Waals surface area contributed by atoms with Gasteiger partial charge in [0, 0.05) is 24.0 Å². The fourth-order valence-corrected chi connectivity index (χ4v) is 2.69. The highest BCUT2D eigenvalue weighted by atomic mass is 19.1. The quantitative estimate of drug-likeness (QED) is 0.714. The van der Waals surface area contributed by atoms with Crippen LogP contribution in [0.1, 0.15) is 54.2 Å². The number of aryl methyl sites for hydroxylation is 1. The molecule has 5 heteroatoms. The van der Waals surface area contributed by atoms with Gasteiger partial charge in [0.2, 0.25) is 5.91 Å². The van der Waals surface area contributed by atoms with Gasteiger partial charge in [0.1, 0.15) is 11.6 Å². The summed E-state index contributed by atoms with van der Waals surface area (Å²) in [7, 11) is 0. The summed E-state index contributed by atoms with van der Waals surface area (Å²) in [6.07, 6.45) is 0.159. The second kappa shape index (κ2) is 9.13. The minimum Gasteiger partial charge on any atom is -0.494 e. The Morgan fingerprint density at radius 1 is 1.12 bits per heavy atom. The minimum absolute atomic E-state index is 0.0797. The topological polar surface area (TPSA) is 55.4 Å². The predicted octanol–water partition coefficient (Wildman–Crippen LogP) is 4.37. The van der Waals surface area contributed by atoms with Crippen LogP contribution in [0.25, 0.3) is 0 Å². The van der Waals surface area contributed by atoms with Crippen LogP contribution in [-0.2, 0) is 4.79 Å². The molecule has 1 amide bonds. The molecule has 0 aliphatic rings. The van der Waals surface area contributed by atoms with Crippen LogP contribution in [0.3, 0.4) is 0 Å². The number of amides is 1. The second-order valence-corrected chi connectivity index (χ2v) is 6.19. The van der Waals surface area contributed by atoms with Crippen molar-refractivity contribution in [3.63, 3.8) is 0 Å². The SMILES string of the molecule is CCOc1ccc(C)cc1C(C)NC(=O)CCC(=O)c1ccc(F)cc1. The average molecular weight is 357 g/mol. The van der Waals surface area contributed by atoms with Crippen molar-refractivity contribution in [3.8, 4) is 5.75 Å². The molecule has 138 valence electrons. The molecule has 4 nitrogen and oxygen atoms in total. The van der Waals surface area contributed by atoms with E-state index in [2.05, 4.69) is 5.32 Å². The number of rotatable bonds is 8. The van der Waals surface area contributed by atoms with Crippen LogP contribution in [-0.4, -0.2) is 18.3 Å². The van der Waals surface area contributed by atoms with Crippen LogP contribution in [0.2, 0.25) is 0 Å². The first-order valence-corrected chi connectivity index (χ1v) is 8.72. The van der Waals surface area contributed by atoms with Crippen molar-refractivity contribution >= 4 is 11.7 Å². The van der Waals surface area contributed by atoms with Crippen LogP contribution >= 0.6 is 0 Å². The highest BCUT2D eigenvalue weighted by molar-refractivity contribution is 5.97. The third kappa shape index (κ3) is 5.41. The number of hydrogen-bond acceptors (Lipinski definition) is 3. The van der Waals surface area contributed by atoms with Gasteiger partial charge in [-0.05, 0) is 51.1 Å². The molecule has 1 atom stereocenters. The van der Waals surface area contributed by atoms with Crippen LogP contribution in [0.4, 0.5) is 4.39 Å². The maximum absolute atomic E-state index is 12.9. The summed E-state index contributed by atoms with van der Waals surface area (Å²) >= 11 is 0. The summed E-state index contributed by atoms with van der Waals surface area (Å²) in [6.45, 7) is 6.32. The van der Waals surface area contributed by atoms with E-state index >= 15 is 0 Å². The lowest BCUT2D eigenvalue weighted by molar-refractivity contribution is -0.121. The Morgan fingerprint density at radius 3 is 2.46 bits per heavy atom. The normalized spacial score (nSPS) is 11.7. The van der Waals surface area contributed by atoms with E-state index in [-0.39, 0.29) is 30.6 Å².